The van der Waals surface area contributed by atoms with Gasteiger partial charge in [0.05, 0.1) is 11.1 Å². The Morgan fingerprint density at radius 3 is 2.56 bits per heavy atom. The highest BCUT2D eigenvalue weighted by molar-refractivity contribution is 6.31. The van der Waals surface area contributed by atoms with Gasteiger partial charge in [-0.3, -0.25) is 4.79 Å². The third-order valence-corrected chi connectivity index (χ3v) is 3.47. The maximum atomic E-state index is 12.6. The maximum absolute atomic E-state index is 12.6. The van der Waals surface area contributed by atoms with Crippen molar-refractivity contribution in [1.82, 2.24) is 0 Å². The molecule has 2 rings (SSSR count). The Labute approximate surface area is 146 Å². The maximum Gasteiger partial charge on any atom is 0.416 e. The predicted molar refractivity (Wildman–Crippen MR) is 86.5 cm³/mol. The van der Waals surface area contributed by atoms with Gasteiger partial charge in [0.25, 0.3) is 5.91 Å². The molecule has 4 nitrogen and oxygen atoms in total. The molecule has 0 spiro atoms. The second-order valence-corrected chi connectivity index (χ2v) is 5.60. The van der Waals surface area contributed by atoms with Gasteiger partial charge in [0.15, 0.2) is 6.61 Å². The van der Waals surface area contributed by atoms with Crippen molar-refractivity contribution in [3.8, 4) is 0 Å². The van der Waals surface area contributed by atoms with Crippen LogP contribution in [0.25, 0.3) is 0 Å². The van der Waals surface area contributed by atoms with E-state index in [9.17, 15) is 22.8 Å². The predicted octanol–water partition coefficient (Wildman–Crippen LogP) is 4.46. The molecule has 0 unspecified atom stereocenters. The number of esters is 1. The first kappa shape index (κ1) is 18.8. The number of ether oxygens (including phenoxy) is 1. The van der Waals surface area contributed by atoms with Gasteiger partial charge < -0.3 is 10.1 Å². The number of anilines is 1. The zero-order chi connectivity index (χ0) is 18.6. The van der Waals surface area contributed by atoms with E-state index in [1.54, 1.807) is 19.1 Å². The first-order valence-electron chi connectivity index (χ1n) is 7.07. The molecule has 0 fully saturated rings. The average molecular weight is 372 g/mol. The van der Waals surface area contributed by atoms with E-state index >= 15 is 0 Å². The SMILES string of the molecule is Cc1ccc(Cl)cc1NC(=O)COC(=O)c1cccc(C(F)(F)F)c1. The minimum absolute atomic E-state index is 0.290. The molecule has 0 aromatic heterocycles. The van der Waals surface area contributed by atoms with Crippen LogP contribution in [-0.2, 0) is 15.7 Å². The molecule has 0 aliphatic heterocycles. The number of rotatable bonds is 4. The standard InChI is InChI=1S/C17H13ClF3NO3/c1-10-5-6-13(18)8-14(10)22-15(23)9-25-16(24)11-3-2-4-12(7-11)17(19,20)21/h2-8H,9H2,1H3,(H,22,23). The fourth-order valence-electron chi connectivity index (χ4n) is 1.95. The number of nitrogens with one attached hydrogen (secondary N) is 1. The van der Waals surface area contributed by atoms with Gasteiger partial charge in [-0.2, -0.15) is 13.2 Å². The lowest BCUT2D eigenvalue weighted by Crippen LogP contribution is -2.21. The summed E-state index contributed by atoms with van der Waals surface area (Å²) in [7, 11) is 0. The van der Waals surface area contributed by atoms with Crippen molar-refractivity contribution in [2.45, 2.75) is 13.1 Å². The number of halogens is 4. The van der Waals surface area contributed by atoms with Crippen LogP contribution in [0.1, 0.15) is 21.5 Å². The smallest absolute Gasteiger partial charge is 0.416 e. The molecule has 0 bridgehead atoms. The Kier molecular flexibility index (Phi) is 5.69. The summed E-state index contributed by atoms with van der Waals surface area (Å²) in [5.41, 5.74) is -0.0583. The van der Waals surface area contributed by atoms with Crippen LogP contribution in [0, 0.1) is 6.92 Å². The van der Waals surface area contributed by atoms with E-state index in [2.05, 4.69) is 5.32 Å². The summed E-state index contributed by atoms with van der Waals surface area (Å²) in [5.74, 6) is -1.66. The number of hydrogen-bond donors (Lipinski definition) is 1. The second-order valence-electron chi connectivity index (χ2n) is 5.16. The van der Waals surface area contributed by atoms with E-state index in [1.165, 1.54) is 12.1 Å². The quantitative estimate of drug-likeness (QED) is 0.807. The summed E-state index contributed by atoms with van der Waals surface area (Å²) in [4.78, 5) is 23.6. The van der Waals surface area contributed by atoms with Crippen LogP contribution >= 0.6 is 11.6 Å². The molecule has 0 saturated carbocycles. The molecule has 8 heteroatoms. The van der Waals surface area contributed by atoms with E-state index in [4.69, 9.17) is 16.3 Å². The van der Waals surface area contributed by atoms with Gasteiger partial charge in [-0.1, -0.05) is 23.7 Å². The molecule has 0 radical (unpaired) electrons. The molecule has 0 atom stereocenters. The number of alkyl halides is 3. The highest BCUT2D eigenvalue weighted by atomic mass is 35.5. The van der Waals surface area contributed by atoms with Crippen molar-refractivity contribution in [3.05, 3.63) is 64.2 Å². The van der Waals surface area contributed by atoms with Crippen LogP contribution in [-0.4, -0.2) is 18.5 Å². The molecule has 2 aromatic rings. The third kappa shape index (κ3) is 5.22. The van der Waals surface area contributed by atoms with Gasteiger partial charge in [0.2, 0.25) is 0 Å². The zero-order valence-corrected chi connectivity index (χ0v) is 13.7. The minimum atomic E-state index is -4.57. The van der Waals surface area contributed by atoms with Crippen molar-refractivity contribution in [3.63, 3.8) is 0 Å². The number of carbonyl (C=O) groups excluding carboxylic acids is 2. The van der Waals surface area contributed by atoms with E-state index < -0.39 is 30.2 Å². The molecule has 25 heavy (non-hydrogen) atoms. The van der Waals surface area contributed by atoms with Crippen LogP contribution < -0.4 is 5.32 Å². The van der Waals surface area contributed by atoms with Crippen LogP contribution in [0.4, 0.5) is 18.9 Å². The molecule has 1 amide bonds. The average Bonchev–Trinajstić information content (AvgIpc) is 2.55. The van der Waals surface area contributed by atoms with Gasteiger partial charge in [-0.25, -0.2) is 4.79 Å². The first-order valence-corrected chi connectivity index (χ1v) is 7.45. The van der Waals surface area contributed by atoms with Gasteiger partial charge in [-0.05, 0) is 42.8 Å². The molecule has 0 aliphatic rings. The second kappa shape index (κ2) is 7.57. The lowest BCUT2D eigenvalue weighted by atomic mass is 10.1. The summed E-state index contributed by atoms with van der Waals surface area (Å²) in [6.45, 7) is 1.11. The monoisotopic (exact) mass is 371 g/mol. The van der Waals surface area contributed by atoms with E-state index in [0.29, 0.717) is 16.8 Å². The summed E-state index contributed by atoms with van der Waals surface area (Å²) < 4.78 is 42.6. The number of amides is 1. The number of hydrogen-bond acceptors (Lipinski definition) is 3. The van der Waals surface area contributed by atoms with Crippen molar-refractivity contribution < 1.29 is 27.5 Å². The molecule has 1 N–H and O–H groups in total. The Morgan fingerprint density at radius 2 is 1.88 bits per heavy atom. The fraction of sp³-hybridized carbons (Fsp3) is 0.176. The fourth-order valence-corrected chi connectivity index (χ4v) is 2.12. The summed E-state index contributed by atoms with van der Waals surface area (Å²) in [6.07, 6.45) is -4.57. The summed E-state index contributed by atoms with van der Waals surface area (Å²) >= 11 is 5.83. The van der Waals surface area contributed by atoms with Crippen molar-refractivity contribution in [1.29, 1.82) is 0 Å². The Bertz CT molecular complexity index is 806. The molecule has 132 valence electrons. The Balaban J connectivity index is 1.98. The third-order valence-electron chi connectivity index (χ3n) is 3.23. The number of aryl methyl sites for hydroxylation is 1. The van der Waals surface area contributed by atoms with Crippen LogP contribution in [0.2, 0.25) is 5.02 Å². The van der Waals surface area contributed by atoms with Crippen LogP contribution in [0.15, 0.2) is 42.5 Å². The van der Waals surface area contributed by atoms with E-state index in [1.807, 2.05) is 0 Å². The van der Waals surface area contributed by atoms with E-state index in [-0.39, 0.29) is 5.56 Å². The molecule has 0 heterocycles. The van der Waals surface area contributed by atoms with Crippen molar-refractivity contribution >= 4 is 29.2 Å². The Morgan fingerprint density at radius 1 is 1.16 bits per heavy atom. The van der Waals surface area contributed by atoms with E-state index in [0.717, 1.165) is 17.7 Å². The molecular weight excluding hydrogens is 359 g/mol. The Hall–Kier alpha value is -2.54. The summed E-state index contributed by atoms with van der Waals surface area (Å²) in [6, 6.07) is 8.66. The summed E-state index contributed by atoms with van der Waals surface area (Å²) in [5, 5.41) is 2.93. The number of carbonyl (C=O) groups is 2. The zero-order valence-electron chi connectivity index (χ0n) is 13.0. The lowest BCUT2D eigenvalue weighted by molar-refractivity contribution is -0.137. The molecule has 0 aliphatic carbocycles. The van der Waals surface area contributed by atoms with Crippen LogP contribution in [0.5, 0.6) is 0 Å². The van der Waals surface area contributed by atoms with Gasteiger partial charge in [-0.15, -0.1) is 0 Å². The molecule has 0 saturated heterocycles. The largest absolute Gasteiger partial charge is 0.452 e. The van der Waals surface area contributed by atoms with Crippen molar-refractivity contribution in [2.75, 3.05) is 11.9 Å². The van der Waals surface area contributed by atoms with Gasteiger partial charge in [0, 0.05) is 10.7 Å². The van der Waals surface area contributed by atoms with Crippen LogP contribution in [0.3, 0.4) is 0 Å². The normalized spacial score (nSPS) is 11.1. The molecule has 2 aromatic carbocycles. The van der Waals surface area contributed by atoms with Crippen molar-refractivity contribution in [2.24, 2.45) is 0 Å². The first-order chi connectivity index (χ1) is 11.7. The highest BCUT2D eigenvalue weighted by Gasteiger charge is 2.31. The highest BCUT2D eigenvalue weighted by Crippen LogP contribution is 2.29. The van der Waals surface area contributed by atoms with Gasteiger partial charge in [0.1, 0.15) is 0 Å². The minimum Gasteiger partial charge on any atom is -0.452 e. The molecular formula is C17H13ClF3NO3. The lowest BCUT2D eigenvalue weighted by Gasteiger charge is -2.10. The topological polar surface area (TPSA) is 55.4 Å². The number of benzene rings is 2. The van der Waals surface area contributed by atoms with Gasteiger partial charge >= 0.3 is 12.1 Å².